The number of hydrogen-bond acceptors (Lipinski definition) is 2. The van der Waals surface area contributed by atoms with Gasteiger partial charge in [-0.1, -0.05) is 55.8 Å². The van der Waals surface area contributed by atoms with E-state index in [4.69, 9.17) is 11.6 Å². The second-order valence-electron chi connectivity index (χ2n) is 8.10. The fourth-order valence-corrected chi connectivity index (χ4v) is 4.07. The Balaban J connectivity index is 1.59. The molecule has 1 heterocycles. The van der Waals surface area contributed by atoms with Gasteiger partial charge in [-0.05, 0) is 48.6 Å². The maximum absolute atomic E-state index is 12.8. The number of halogens is 1. The fourth-order valence-electron chi connectivity index (χ4n) is 3.94. The molecule has 1 aliphatic rings. The summed E-state index contributed by atoms with van der Waals surface area (Å²) in [5, 5.41) is 3.75. The monoisotopic (exact) mass is 412 g/mol. The first kappa shape index (κ1) is 21.4. The van der Waals surface area contributed by atoms with Gasteiger partial charge in [-0.3, -0.25) is 9.59 Å². The molecule has 4 nitrogen and oxygen atoms in total. The second-order valence-corrected chi connectivity index (χ2v) is 8.54. The summed E-state index contributed by atoms with van der Waals surface area (Å²) in [5.41, 5.74) is 1.85. The van der Waals surface area contributed by atoms with E-state index < -0.39 is 0 Å². The molecule has 0 aliphatic carbocycles. The van der Waals surface area contributed by atoms with E-state index in [1.807, 2.05) is 18.2 Å². The summed E-state index contributed by atoms with van der Waals surface area (Å²) >= 11 is 5.92. The molecule has 3 rings (SSSR count). The number of nitrogens with one attached hydrogen (secondary N) is 1. The molecule has 2 unspecified atom stereocenters. The minimum Gasteiger partial charge on any atom is -0.355 e. The fraction of sp³-hybridized carbons (Fsp3) is 0.417. The predicted molar refractivity (Wildman–Crippen MR) is 117 cm³/mol. The summed E-state index contributed by atoms with van der Waals surface area (Å²) in [6, 6.07) is 17.2. The highest BCUT2D eigenvalue weighted by Crippen LogP contribution is 2.24. The van der Waals surface area contributed by atoms with Crippen molar-refractivity contribution in [2.24, 2.45) is 11.8 Å². The third kappa shape index (κ3) is 5.60. The van der Waals surface area contributed by atoms with Gasteiger partial charge in [0.05, 0.1) is 5.92 Å². The van der Waals surface area contributed by atoms with Gasteiger partial charge >= 0.3 is 0 Å². The molecule has 0 saturated carbocycles. The third-order valence-electron chi connectivity index (χ3n) is 5.70. The first-order valence-corrected chi connectivity index (χ1v) is 10.7. The van der Waals surface area contributed by atoms with Crippen molar-refractivity contribution in [2.75, 3.05) is 19.6 Å². The molecular formula is C24H29ClN2O2. The molecule has 5 heteroatoms. The molecule has 0 radical (unpaired) electrons. The standard InChI is InChI=1S/C24H29ClN2O2/c1-17(2)22(18-7-4-3-5-8-18)15-26-23(28)20-9-6-14-27(16-20)24(29)19-10-12-21(25)13-11-19/h3-5,7-8,10-13,17,20,22H,6,9,14-16H2,1-2H3,(H,26,28). The Bertz CT molecular complexity index is 821. The van der Waals surface area contributed by atoms with Gasteiger partial charge in [0, 0.05) is 36.1 Å². The minimum atomic E-state index is -0.163. The van der Waals surface area contributed by atoms with Crippen molar-refractivity contribution in [3.63, 3.8) is 0 Å². The molecular weight excluding hydrogens is 384 g/mol. The lowest BCUT2D eigenvalue weighted by atomic mass is 9.88. The Hall–Kier alpha value is -2.33. The molecule has 154 valence electrons. The molecule has 1 N–H and O–H groups in total. The summed E-state index contributed by atoms with van der Waals surface area (Å²) in [6.07, 6.45) is 1.65. The molecule has 0 spiro atoms. The summed E-state index contributed by atoms with van der Waals surface area (Å²) in [6.45, 7) is 6.12. The van der Waals surface area contributed by atoms with E-state index in [0.29, 0.717) is 36.1 Å². The van der Waals surface area contributed by atoms with E-state index in [0.717, 1.165) is 12.8 Å². The Morgan fingerprint density at radius 2 is 1.79 bits per heavy atom. The maximum Gasteiger partial charge on any atom is 0.253 e. The summed E-state index contributed by atoms with van der Waals surface area (Å²) in [5.74, 6) is 0.537. The number of hydrogen-bond donors (Lipinski definition) is 1. The van der Waals surface area contributed by atoms with Gasteiger partial charge < -0.3 is 10.2 Å². The molecule has 1 fully saturated rings. The Labute approximate surface area is 178 Å². The van der Waals surface area contributed by atoms with E-state index in [9.17, 15) is 9.59 Å². The van der Waals surface area contributed by atoms with Crippen LogP contribution in [0.1, 0.15) is 48.5 Å². The van der Waals surface area contributed by atoms with Crippen LogP contribution in [0.2, 0.25) is 5.02 Å². The normalized spacial score (nSPS) is 17.8. The number of piperidine rings is 1. The molecule has 1 aliphatic heterocycles. The lowest BCUT2D eigenvalue weighted by Crippen LogP contribution is -2.46. The SMILES string of the molecule is CC(C)C(CNC(=O)C1CCCN(C(=O)c2ccc(Cl)cc2)C1)c1ccccc1. The van der Waals surface area contributed by atoms with E-state index in [1.54, 1.807) is 29.2 Å². The van der Waals surface area contributed by atoms with Crippen LogP contribution >= 0.6 is 11.6 Å². The molecule has 1 saturated heterocycles. The Kier molecular flexibility index (Phi) is 7.32. The van der Waals surface area contributed by atoms with Crippen LogP contribution in [0.15, 0.2) is 54.6 Å². The van der Waals surface area contributed by atoms with Crippen LogP contribution in [0, 0.1) is 11.8 Å². The van der Waals surface area contributed by atoms with Crippen molar-refractivity contribution < 1.29 is 9.59 Å². The van der Waals surface area contributed by atoms with Crippen LogP contribution in [0.4, 0.5) is 0 Å². The zero-order valence-corrected chi connectivity index (χ0v) is 17.9. The van der Waals surface area contributed by atoms with Crippen LogP contribution in [0.3, 0.4) is 0 Å². The zero-order valence-electron chi connectivity index (χ0n) is 17.1. The molecule has 2 amide bonds. The van der Waals surface area contributed by atoms with Gasteiger partial charge in [0.1, 0.15) is 0 Å². The molecule has 2 atom stereocenters. The molecule has 0 bridgehead atoms. The first-order valence-electron chi connectivity index (χ1n) is 10.3. The van der Waals surface area contributed by atoms with Crippen LogP contribution in [-0.2, 0) is 4.79 Å². The van der Waals surface area contributed by atoms with Crippen LogP contribution in [-0.4, -0.2) is 36.3 Å². The highest BCUT2D eigenvalue weighted by molar-refractivity contribution is 6.30. The van der Waals surface area contributed by atoms with Crippen LogP contribution < -0.4 is 5.32 Å². The Morgan fingerprint density at radius 1 is 1.10 bits per heavy atom. The molecule has 2 aromatic rings. The summed E-state index contributed by atoms with van der Waals surface area (Å²) < 4.78 is 0. The minimum absolute atomic E-state index is 0.0384. The largest absolute Gasteiger partial charge is 0.355 e. The number of rotatable bonds is 6. The van der Waals surface area contributed by atoms with E-state index in [1.165, 1.54) is 5.56 Å². The van der Waals surface area contributed by atoms with Crippen molar-refractivity contribution in [2.45, 2.75) is 32.6 Å². The van der Waals surface area contributed by atoms with Gasteiger partial charge in [0.2, 0.25) is 5.91 Å². The van der Waals surface area contributed by atoms with E-state index in [2.05, 4.69) is 31.3 Å². The van der Waals surface area contributed by atoms with E-state index in [-0.39, 0.29) is 23.7 Å². The number of nitrogens with zero attached hydrogens (tertiary/aromatic N) is 1. The molecule has 2 aromatic carbocycles. The molecule has 29 heavy (non-hydrogen) atoms. The number of benzene rings is 2. The first-order chi connectivity index (χ1) is 14.0. The number of carbonyl (C=O) groups excluding carboxylic acids is 2. The van der Waals surface area contributed by atoms with Crippen molar-refractivity contribution >= 4 is 23.4 Å². The van der Waals surface area contributed by atoms with Crippen LogP contribution in [0.25, 0.3) is 0 Å². The lowest BCUT2D eigenvalue weighted by molar-refractivity contribution is -0.126. The highest BCUT2D eigenvalue weighted by atomic mass is 35.5. The average molecular weight is 413 g/mol. The number of amides is 2. The number of likely N-dealkylation sites (tertiary alicyclic amines) is 1. The summed E-state index contributed by atoms with van der Waals surface area (Å²) in [7, 11) is 0. The van der Waals surface area contributed by atoms with Gasteiger partial charge in [-0.25, -0.2) is 0 Å². The second kappa shape index (κ2) is 9.93. The van der Waals surface area contributed by atoms with Gasteiger partial charge in [0.25, 0.3) is 5.91 Å². The molecule has 0 aromatic heterocycles. The van der Waals surface area contributed by atoms with Crippen molar-refractivity contribution in [3.05, 3.63) is 70.7 Å². The van der Waals surface area contributed by atoms with Crippen molar-refractivity contribution in [1.29, 1.82) is 0 Å². The summed E-state index contributed by atoms with van der Waals surface area (Å²) in [4.78, 5) is 27.4. The average Bonchev–Trinajstić information content (AvgIpc) is 2.74. The topological polar surface area (TPSA) is 49.4 Å². The van der Waals surface area contributed by atoms with Crippen molar-refractivity contribution in [3.8, 4) is 0 Å². The van der Waals surface area contributed by atoms with Gasteiger partial charge in [-0.15, -0.1) is 0 Å². The third-order valence-corrected chi connectivity index (χ3v) is 5.95. The Morgan fingerprint density at radius 3 is 2.45 bits per heavy atom. The smallest absolute Gasteiger partial charge is 0.253 e. The quantitative estimate of drug-likeness (QED) is 0.744. The lowest BCUT2D eigenvalue weighted by Gasteiger charge is -2.32. The predicted octanol–water partition coefficient (Wildman–Crippen LogP) is 4.75. The maximum atomic E-state index is 12.8. The zero-order chi connectivity index (χ0) is 20.8. The van der Waals surface area contributed by atoms with Crippen LogP contribution in [0.5, 0.6) is 0 Å². The van der Waals surface area contributed by atoms with Gasteiger partial charge in [-0.2, -0.15) is 0 Å². The number of carbonyl (C=O) groups is 2. The van der Waals surface area contributed by atoms with Crippen molar-refractivity contribution in [1.82, 2.24) is 10.2 Å². The van der Waals surface area contributed by atoms with Gasteiger partial charge in [0.15, 0.2) is 0 Å². The van der Waals surface area contributed by atoms with E-state index >= 15 is 0 Å². The highest BCUT2D eigenvalue weighted by Gasteiger charge is 2.29.